The van der Waals surface area contributed by atoms with E-state index in [1.54, 1.807) is 14.2 Å². The van der Waals surface area contributed by atoms with Gasteiger partial charge in [-0.1, -0.05) is 44.4 Å². The lowest BCUT2D eigenvalue weighted by Gasteiger charge is -2.40. The lowest BCUT2D eigenvalue weighted by atomic mass is 9.71. The van der Waals surface area contributed by atoms with E-state index in [0.29, 0.717) is 68.8 Å². The number of ether oxygens (including phenoxy) is 5. The molecule has 2 aromatic rings. The van der Waals surface area contributed by atoms with Gasteiger partial charge in [0.1, 0.15) is 30.1 Å². The van der Waals surface area contributed by atoms with E-state index in [9.17, 15) is 19.5 Å². The Morgan fingerprint density at radius 3 is 2.50 bits per heavy atom. The average Bonchev–Trinajstić information content (AvgIpc) is 3.16. The Morgan fingerprint density at radius 1 is 0.960 bits per heavy atom. The summed E-state index contributed by atoms with van der Waals surface area (Å²) in [6.45, 7) is 6.69. The molecule has 5 rings (SSSR count). The van der Waals surface area contributed by atoms with Crippen molar-refractivity contribution >= 4 is 17.7 Å². The first kappa shape index (κ1) is 37.6. The van der Waals surface area contributed by atoms with Crippen molar-refractivity contribution in [2.24, 2.45) is 5.92 Å². The number of aryl methyl sites for hydroxylation is 1. The van der Waals surface area contributed by atoms with Crippen molar-refractivity contribution in [3.8, 4) is 17.2 Å². The summed E-state index contributed by atoms with van der Waals surface area (Å²) in [5.41, 5.74) is 0.0582. The number of hydrogen-bond donors (Lipinski definition) is 1. The van der Waals surface area contributed by atoms with Crippen LogP contribution < -0.4 is 14.2 Å². The maximum atomic E-state index is 14.0. The number of methoxy groups -OCH3 is 2. The zero-order chi connectivity index (χ0) is 35.5. The average molecular weight is 695 g/mol. The first-order valence-corrected chi connectivity index (χ1v) is 18.3. The van der Waals surface area contributed by atoms with E-state index in [-0.39, 0.29) is 18.9 Å². The second-order valence-electron chi connectivity index (χ2n) is 13.6. The van der Waals surface area contributed by atoms with Gasteiger partial charge in [-0.3, -0.25) is 14.5 Å². The van der Waals surface area contributed by atoms with Gasteiger partial charge in [0.15, 0.2) is 11.5 Å². The highest BCUT2D eigenvalue weighted by Gasteiger charge is 2.50. The Balaban J connectivity index is 1.33. The monoisotopic (exact) mass is 694 g/mol. The normalized spacial score (nSPS) is 23.5. The van der Waals surface area contributed by atoms with Gasteiger partial charge >= 0.3 is 5.97 Å². The fourth-order valence-electron chi connectivity index (χ4n) is 7.57. The molecule has 4 atom stereocenters. The molecule has 0 aromatic heterocycles. The summed E-state index contributed by atoms with van der Waals surface area (Å²) in [6, 6.07) is 12.4. The first-order chi connectivity index (χ1) is 24.3. The van der Waals surface area contributed by atoms with Crippen LogP contribution in [0.3, 0.4) is 0 Å². The molecule has 1 saturated carbocycles. The molecule has 11 nitrogen and oxygen atoms in total. The second kappa shape index (κ2) is 18.0. The molecule has 2 unspecified atom stereocenters. The topological polar surface area (TPSA) is 124 Å². The lowest BCUT2D eigenvalue weighted by molar-refractivity contribution is -0.169. The smallest absolute Gasteiger partial charge is 0.329 e. The Morgan fingerprint density at radius 2 is 1.74 bits per heavy atom. The molecule has 1 aliphatic carbocycles. The van der Waals surface area contributed by atoms with Gasteiger partial charge in [0.25, 0.3) is 11.7 Å². The van der Waals surface area contributed by atoms with E-state index in [2.05, 4.69) is 4.90 Å². The maximum Gasteiger partial charge on any atom is 0.329 e. The number of hydrogen-bond acceptors (Lipinski definition) is 10. The SMILES string of the molecule is CCC1CCCCC1(O)C(=O)C(=O)N1CCCC[C@H]1C(=O)O[C@H](CCc1ccc(OC)c(OC)c1)c1cccc(OCCN2CCOCC2)c1. The van der Waals surface area contributed by atoms with Crippen LogP contribution in [0.15, 0.2) is 42.5 Å². The highest BCUT2D eigenvalue weighted by molar-refractivity contribution is 6.39. The predicted octanol–water partition coefficient (Wildman–Crippen LogP) is 4.91. The third-order valence-electron chi connectivity index (χ3n) is 10.6. The number of aliphatic hydroxyl groups is 1. The summed E-state index contributed by atoms with van der Waals surface area (Å²) in [5.74, 6) is -0.491. The van der Waals surface area contributed by atoms with Gasteiger partial charge in [-0.05, 0) is 86.3 Å². The highest BCUT2D eigenvalue weighted by Crippen LogP contribution is 2.38. The van der Waals surface area contributed by atoms with Crippen LogP contribution in [-0.4, -0.2) is 104 Å². The number of ketones is 1. The van der Waals surface area contributed by atoms with Crippen LogP contribution in [-0.2, 0) is 30.3 Å². The number of benzene rings is 2. The van der Waals surface area contributed by atoms with E-state index in [1.165, 1.54) is 4.90 Å². The first-order valence-electron chi connectivity index (χ1n) is 18.3. The molecule has 274 valence electrons. The van der Waals surface area contributed by atoms with Crippen molar-refractivity contribution in [1.82, 2.24) is 9.80 Å². The zero-order valence-corrected chi connectivity index (χ0v) is 29.9. The van der Waals surface area contributed by atoms with Gasteiger partial charge in [-0.15, -0.1) is 0 Å². The number of morpholine rings is 1. The Labute approximate surface area is 296 Å². The van der Waals surface area contributed by atoms with E-state index >= 15 is 0 Å². The second-order valence-corrected chi connectivity index (χ2v) is 13.6. The molecule has 3 aliphatic rings. The van der Waals surface area contributed by atoms with E-state index < -0.39 is 35.4 Å². The van der Waals surface area contributed by atoms with Crippen LogP contribution >= 0.6 is 0 Å². The van der Waals surface area contributed by atoms with Crippen LogP contribution in [0, 0.1) is 5.92 Å². The number of nitrogens with zero attached hydrogens (tertiary/aromatic N) is 2. The number of amides is 1. The molecule has 50 heavy (non-hydrogen) atoms. The zero-order valence-electron chi connectivity index (χ0n) is 29.9. The van der Waals surface area contributed by atoms with Crippen molar-refractivity contribution in [3.63, 3.8) is 0 Å². The fourth-order valence-corrected chi connectivity index (χ4v) is 7.57. The molecule has 1 amide bonds. The van der Waals surface area contributed by atoms with Crippen molar-refractivity contribution in [2.75, 3.05) is 60.2 Å². The molecule has 11 heteroatoms. The van der Waals surface area contributed by atoms with E-state index in [4.69, 9.17) is 23.7 Å². The molecule has 0 radical (unpaired) electrons. The molecule has 2 saturated heterocycles. The summed E-state index contributed by atoms with van der Waals surface area (Å²) in [4.78, 5) is 45.1. The molecule has 0 spiro atoms. The number of carbonyl (C=O) groups excluding carboxylic acids is 3. The largest absolute Gasteiger partial charge is 0.493 e. The molecular weight excluding hydrogens is 640 g/mol. The van der Waals surface area contributed by atoms with Crippen LogP contribution in [0.2, 0.25) is 0 Å². The number of esters is 1. The summed E-state index contributed by atoms with van der Waals surface area (Å²) >= 11 is 0. The molecular formula is C39H54N2O9. The van der Waals surface area contributed by atoms with Gasteiger partial charge < -0.3 is 33.7 Å². The van der Waals surface area contributed by atoms with Crippen LogP contribution in [0.25, 0.3) is 0 Å². The van der Waals surface area contributed by atoms with Crippen LogP contribution in [0.4, 0.5) is 0 Å². The van der Waals surface area contributed by atoms with Crippen molar-refractivity contribution in [2.45, 2.75) is 88.9 Å². The van der Waals surface area contributed by atoms with Gasteiger partial charge in [0, 0.05) is 26.2 Å². The third-order valence-corrected chi connectivity index (χ3v) is 10.6. The number of Topliss-reactive ketones (excluding diaryl/α,β-unsaturated/α-hetero) is 1. The van der Waals surface area contributed by atoms with Gasteiger partial charge in [-0.2, -0.15) is 0 Å². The quantitative estimate of drug-likeness (QED) is 0.203. The Bertz CT molecular complexity index is 1440. The van der Waals surface area contributed by atoms with E-state index in [0.717, 1.165) is 56.8 Å². The molecule has 3 fully saturated rings. The minimum Gasteiger partial charge on any atom is -0.493 e. The predicted molar refractivity (Wildman–Crippen MR) is 187 cm³/mol. The summed E-state index contributed by atoms with van der Waals surface area (Å²) in [5, 5.41) is 11.5. The Kier molecular flexibility index (Phi) is 13.5. The van der Waals surface area contributed by atoms with E-state index in [1.807, 2.05) is 49.4 Å². The lowest BCUT2D eigenvalue weighted by Crippen LogP contribution is -2.58. The number of piperidine rings is 1. The molecule has 2 aliphatic heterocycles. The number of likely N-dealkylation sites (tertiary alicyclic amines) is 1. The molecule has 1 N–H and O–H groups in total. The maximum absolute atomic E-state index is 14.0. The minimum absolute atomic E-state index is 0.264. The Hall–Kier alpha value is -3.67. The van der Waals surface area contributed by atoms with Crippen LogP contribution in [0.5, 0.6) is 17.2 Å². The van der Waals surface area contributed by atoms with Crippen molar-refractivity contribution in [1.29, 1.82) is 0 Å². The standard InChI is InChI=1S/C39H54N2O9/c1-4-30-11-5-7-18-39(30,45)36(42)37(43)41-19-8-6-13-32(41)38(44)50-33(16-14-28-15-17-34(46-2)35(26-28)47-3)29-10-9-12-31(27-29)49-25-22-40-20-23-48-24-21-40/h9-10,12,15,17,26-27,30,32-33,45H,4-8,11,13-14,16,18-25H2,1-3H3/t30?,32-,33+,39?/m0/s1. The minimum atomic E-state index is -1.69. The number of rotatable bonds is 15. The van der Waals surface area contributed by atoms with Crippen molar-refractivity contribution < 1.29 is 43.2 Å². The summed E-state index contributed by atoms with van der Waals surface area (Å²) in [7, 11) is 3.18. The third kappa shape index (κ3) is 9.16. The molecule has 0 bridgehead atoms. The number of carbonyl (C=O) groups is 3. The highest BCUT2D eigenvalue weighted by atomic mass is 16.5. The van der Waals surface area contributed by atoms with Gasteiger partial charge in [0.2, 0.25) is 0 Å². The van der Waals surface area contributed by atoms with Gasteiger partial charge in [-0.25, -0.2) is 4.79 Å². The van der Waals surface area contributed by atoms with Crippen LogP contribution in [0.1, 0.15) is 81.9 Å². The fraction of sp³-hybridized carbons (Fsp3) is 0.615. The van der Waals surface area contributed by atoms with Crippen molar-refractivity contribution in [3.05, 3.63) is 53.6 Å². The van der Waals surface area contributed by atoms with Gasteiger partial charge in [0.05, 0.1) is 27.4 Å². The molecule has 2 heterocycles. The summed E-state index contributed by atoms with van der Waals surface area (Å²) < 4.78 is 28.8. The summed E-state index contributed by atoms with van der Waals surface area (Å²) in [6.07, 6.45) is 5.35. The molecule has 2 aromatic carbocycles.